The van der Waals surface area contributed by atoms with Crippen LogP contribution < -0.4 is 5.73 Å². The first-order chi connectivity index (χ1) is 3.62. The van der Waals surface area contributed by atoms with Gasteiger partial charge in [-0.2, -0.15) is 8.42 Å². The summed E-state index contributed by atoms with van der Waals surface area (Å²) in [5.41, 5.74) is 4.93. The molecule has 9 heavy (non-hydrogen) atoms. The molecule has 0 unspecified atom stereocenters. The van der Waals surface area contributed by atoms with E-state index in [-0.39, 0.29) is 38.2 Å². The van der Waals surface area contributed by atoms with E-state index < -0.39 is 10.1 Å². The summed E-state index contributed by atoms with van der Waals surface area (Å²) >= 11 is 0. The SMILES string of the molecule is COS(=O)(=O)CCN.[H-].[H-].[Mg+2]. The summed E-state index contributed by atoms with van der Waals surface area (Å²) in [6, 6.07) is 0. The van der Waals surface area contributed by atoms with E-state index in [2.05, 4.69) is 4.18 Å². The van der Waals surface area contributed by atoms with Crippen LogP contribution in [0.5, 0.6) is 0 Å². The van der Waals surface area contributed by atoms with E-state index in [9.17, 15) is 8.42 Å². The van der Waals surface area contributed by atoms with Crippen molar-refractivity contribution >= 4 is 33.2 Å². The molecule has 0 spiro atoms. The van der Waals surface area contributed by atoms with Gasteiger partial charge in [0.15, 0.2) is 0 Å². The summed E-state index contributed by atoms with van der Waals surface area (Å²) in [6.45, 7) is 0.107. The van der Waals surface area contributed by atoms with Crippen LogP contribution in [0.2, 0.25) is 0 Å². The first-order valence-electron chi connectivity index (χ1n) is 2.11. The molecule has 0 saturated heterocycles. The van der Waals surface area contributed by atoms with Crippen molar-refractivity contribution < 1.29 is 15.5 Å². The second-order valence-corrected chi connectivity index (χ2v) is 3.07. The van der Waals surface area contributed by atoms with Crippen molar-refractivity contribution in [2.45, 2.75) is 0 Å². The van der Waals surface area contributed by atoms with E-state index in [1.807, 2.05) is 0 Å². The van der Waals surface area contributed by atoms with Gasteiger partial charge >= 0.3 is 23.1 Å². The van der Waals surface area contributed by atoms with E-state index in [4.69, 9.17) is 5.73 Å². The van der Waals surface area contributed by atoms with Gasteiger partial charge in [-0.3, -0.25) is 4.18 Å². The molecule has 0 aliphatic rings. The topological polar surface area (TPSA) is 69.4 Å². The van der Waals surface area contributed by atoms with Gasteiger partial charge in [0.05, 0.1) is 12.9 Å². The predicted molar refractivity (Wildman–Crippen MR) is 37.8 cm³/mol. The molecule has 2 N–H and O–H groups in total. The molecular weight excluding hydrogens is 154 g/mol. The van der Waals surface area contributed by atoms with Crippen molar-refractivity contribution in [3.05, 3.63) is 0 Å². The molecular formula is C3H11MgNO3S. The molecule has 0 heterocycles. The molecule has 4 nitrogen and oxygen atoms in total. The minimum Gasteiger partial charge on any atom is -1.00 e. The van der Waals surface area contributed by atoms with Crippen LogP contribution in [0.3, 0.4) is 0 Å². The Balaban J connectivity index is -0.0000000817. The van der Waals surface area contributed by atoms with Gasteiger partial charge < -0.3 is 8.59 Å². The number of nitrogens with two attached hydrogens (primary N) is 1. The first kappa shape index (κ1) is 12.3. The fourth-order valence-corrected chi connectivity index (χ4v) is 0.683. The summed E-state index contributed by atoms with van der Waals surface area (Å²) in [5, 5.41) is 0. The van der Waals surface area contributed by atoms with Crippen LogP contribution in [-0.2, 0) is 14.3 Å². The Morgan fingerprint density at radius 3 is 2.22 bits per heavy atom. The van der Waals surface area contributed by atoms with E-state index in [0.717, 1.165) is 7.11 Å². The number of rotatable bonds is 3. The molecule has 6 heteroatoms. The Bertz CT molecular complexity index is 151. The smallest absolute Gasteiger partial charge is 1.00 e. The van der Waals surface area contributed by atoms with Crippen LogP contribution in [0.25, 0.3) is 0 Å². The van der Waals surface area contributed by atoms with Crippen LogP contribution in [0.4, 0.5) is 0 Å². The summed E-state index contributed by atoms with van der Waals surface area (Å²) < 4.78 is 24.7. The van der Waals surface area contributed by atoms with Crippen LogP contribution in [-0.4, -0.2) is 50.9 Å². The summed E-state index contributed by atoms with van der Waals surface area (Å²) in [7, 11) is -2.18. The molecule has 0 rings (SSSR count). The standard InChI is InChI=1S/C3H9NO3S.Mg.2H/c1-7-8(5,6)3-2-4;;;/h2-4H2,1H3;;;/q;+2;2*-1. The average molecular weight is 165 g/mol. The van der Waals surface area contributed by atoms with Crippen LogP contribution in [0, 0.1) is 0 Å². The van der Waals surface area contributed by atoms with E-state index in [1.165, 1.54) is 0 Å². The predicted octanol–water partition coefficient (Wildman–Crippen LogP) is -1.23. The molecule has 0 atom stereocenters. The van der Waals surface area contributed by atoms with Gasteiger partial charge in [-0.1, -0.05) is 0 Å². The van der Waals surface area contributed by atoms with Crippen molar-refractivity contribution in [1.29, 1.82) is 0 Å². The van der Waals surface area contributed by atoms with Gasteiger partial charge in [-0.05, 0) is 0 Å². The van der Waals surface area contributed by atoms with Gasteiger partial charge in [0.2, 0.25) is 0 Å². The largest absolute Gasteiger partial charge is 2.00 e. The third kappa shape index (κ3) is 6.52. The molecule has 0 aliphatic heterocycles. The molecule has 0 amide bonds. The van der Waals surface area contributed by atoms with Gasteiger partial charge in [0.1, 0.15) is 0 Å². The zero-order valence-electron chi connectivity index (χ0n) is 7.33. The maximum absolute atomic E-state index is 10.3. The molecule has 0 saturated carbocycles. The maximum Gasteiger partial charge on any atom is 2.00 e. The second kappa shape index (κ2) is 5.42. The zero-order valence-corrected chi connectivity index (χ0v) is 7.56. The number of hydrogen-bond donors (Lipinski definition) is 1. The Morgan fingerprint density at radius 2 is 2.11 bits per heavy atom. The summed E-state index contributed by atoms with van der Waals surface area (Å²) in [5.74, 6) is -0.108. The fraction of sp³-hybridized carbons (Fsp3) is 1.00. The fourth-order valence-electron chi connectivity index (χ4n) is 0.228. The van der Waals surface area contributed by atoms with Crippen LogP contribution >= 0.6 is 0 Å². The number of hydrogen-bond acceptors (Lipinski definition) is 4. The molecule has 0 aromatic heterocycles. The van der Waals surface area contributed by atoms with Crippen LogP contribution in [0.15, 0.2) is 0 Å². The van der Waals surface area contributed by atoms with Gasteiger partial charge in [0, 0.05) is 6.54 Å². The van der Waals surface area contributed by atoms with Crippen molar-refractivity contribution in [3.8, 4) is 0 Å². The van der Waals surface area contributed by atoms with E-state index >= 15 is 0 Å². The average Bonchev–Trinajstić information content (AvgIpc) is 1.67. The van der Waals surface area contributed by atoms with Crippen LogP contribution in [0.1, 0.15) is 2.85 Å². The minimum absolute atomic E-state index is 0. The maximum atomic E-state index is 10.3. The minimum atomic E-state index is -3.29. The molecule has 0 aromatic rings. The van der Waals surface area contributed by atoms with E-state index in [1.54, 1.807) is 0 Å². The third-order valence-corrected chi connectivity index (χ3v) is 1.87. The van der Waals surface area contributed by atoms with Gasteiger partial charge in [-0.15, -0.1) is 0 Å². The molecule has 0 fully saturated rings. The molecule has 0 aliphatic carbocycles. The Kier molecular flexibility index (Phi) is 7.43. The Hall–Kier alpha value is 0.636. The third-order valence-electron chi connectivity index (χ3n) is 0.622. The Labute approximate surface area is 74.0 Å². The van der Waals surface area contributed by atoms with Crippen molar-refractivity contribution in [3.63, 3.8) is 0 Å². The summed E-state index contributed by atoms with van der Waals surface area (Å²) in [4.78, 5) is 0. The van der Waals surface area contributed by atoms with E-state index in [0.29, 0.717) is 0 Å². The van der Waals surface area contributed by atoms with Crippen molar-refractivity contribution in [2.75, 3.05) is 19.4 Å². The molecule has 0 bridgehead atoms. The molecule has 0 radical (unpaired) electrons. The van der Waals surface area contributed by atoms with Crippen molar-refractivity contribution in [1.82, 2.24) is 0 Å². The quantitative estimate of drug-likeness (QED) is 0.420. The molecule has 54 valence electrons. The molecule has 0 aromatic carbocycles. The Morgan fingerprint density at radius 1 is 1.67 bits per heavy atom. The van der Waals surface area contributed by atoms with Crippen molar-refractivity contribution in [2.24, 2.45) is 5.73 Å². The monoisotopic (exact) mass is 165 g/mol. The zero-order chi connectivity index (χ0) is 6.62. The first-order valence-corrected chi connectivity index (χ1v) is 3.68. The van der Waals surface area contributed by atoms with Gasteiger partial charge in [-0.25, -0.2) is 0 Å². The van der Waals surface area contributed by atoms with Gasteiger partial charge in [0.25, 0.3) is 10.1 Å². The second-order valence-electron chi connectivity index (χ2n) is 1.22. The summed E-state index contributed by atoms with van der Waals surface area (Å²) in [6.07, 6.45) is 0. The normalized spacial score (nSPS) is 10.4.